The average Bonchev–Trinajstić information content (AvgIpc) is 2.97. The fourth-order valence-corrected chi connectivity index (χ4v) is 4.36. The summed E-state index contributed by atoms with van der Waals surface area (Å²) in [6.45, 7) is 0. The predicted molar refractivity (Wildman–Crippen MR) is 147 cm³/mol. The zero-order valence-corrected chi connectivity index (χ0v) is 19.9. The first kappa shape index (κ1) is 23.4. The molecule has 36 heavy (non-hydrogen) atoms. The van der Waals surface area contributed by atoms with Gasteiger partial charge in [0.2, 0.25) is 0 Å². The Balaban J connectivity index is 1.47. The molecule has 5 nitrogen and oxygen atoms in total. The van der Waals surface area contributed by atoms with Gasteiger partial charge in [0.1, 0.15) is 18.2 Å². The van der Waals surface area contributed by atoms with Gasteiger partial charge in [-0.15, -0.1) is 0 Å². The number of hydrogen-bond donors (Lipinski definition) is 4. The molecule has 3 unspecified atom stereocenters. The molecular formula is C31H29N5. The lowest BCUT2D eigenvalue weighted by molar-refractivity contribution is 0.407. The maximum Gasteiger partial charge on any atom is 0.131 e. The highest BCUT2D eigenvalue weighted by Gasteiger charge is 2.27. The van der Waals surface area contributed by atoms with E-state index in [0.717, 1.165) is 33.7 Å². The number of nitrogens with zero attached hydrogens (tertiary/aromatic N) is 1. The van der Waals surface area contributed by atoms with E-state index in [4.69, 9.17) is 16.1 Å². The van der Waals surface area contributed by atoms with Gasteiger partial charge in [0.15, 0.2) is 0 Å². The van der Waals surface area contributed by atoms with E-state index in [1.54, 1.807) is 6.08 Å². The van der Waals surface area contributed by atoms with Gasteiger partial charge in [0.25, 0.3) is 0 Å². The molecule has 1 aliphatic rings. The van der Waals surface area contributed by atoms with Crippen LogP contribution in [-0.4, -0.2) is 11.5 Å². The molecule has 0 fully saturated rings. The van der Waals surface area contributed by atoms with Crippen molar-refractivity contribution in [3.8, 4) is 0 Å². The summed E-state index contributed by atoms with van der Waals surface area (Å²) in [5.74, 6) is 0.831. The van der Waals surface area contributed by atoms with Crippen molar-refractivity contribution in [1.29, 1.82) is 5.41 Å². The Hall–Kier alpha value is -4.32. The van der Waals surface area contributed by atoms with Gasteiger partial charge in [-0.2, -0.15) is 0 Å². The summed E-state index contributed by atoms with van der Waals surface area (Å²) in [6.07, 6.45) is 3.25. The summed E-state index contributed by atoms with van der Waals surface area (Å²) < 4.78 is 0. The number of allylic oxidation sites excluding steroid dienone is 1. The molecule has 0 radical (unpaired) electrons. The first-order valence-electron chi connectivity index (χ1n) is 12.1. The predicted octanol–water partition coefficient (Wildman–Crippen LogP) is 5.65. The standard InChI is InChI=1S/C31H29N5/c32-27(22-12-4-1-5-13-22)20-21-28(33)25-18-10-11-19-26(25)31-35-29(23-14-6-2-7-15-23)34-30(36-31)24-16-8-3-9-17-24/h1-21,28-29,31-32,35H,33H2,(H,34,36)/b21-20-,32-27?. The Morgan fingerprint density at radius 3 is 2.14 bits per heavy atom. The highest BCUT2D eigenvalue weighted by Crippen LogP contribution is 2.29. The molecule has 4 aromatic rings. The zero-order chi connectivity index (χ0) is 24.7. The van der Waals surface area contributed by atoms with Crippen LogP contribution in [0.15, 0.2) is 132 Å². The number of rotatable bonds is 7. The van der Waals surface area contributed by atoms with Crippen LogP contribution in [0.5, 0.6) is 0 Å². The molecule has 4 aromatic carbocycles. The van der Waals surface area contributed by atoms with Gasteiger partial charge in [-0.3, -0.25) is 5.32 Å². The quantitative estimate of drug-likeness (QED) is 0.263. The van der Waals surface area contributed by atoms with Crippen LogP contribution in [0.4, 0.5) is 0 Å². The van der Waals surface area contributed by atoms with Crippen LogP contribution in [0, 0.1) is 5.41 Å². The molecule has 0 saturated heterocycles. The second-order valence-corrected chi connectivity index (χ2v) is 8.69. The van der Waals surface area contributed by atoms with E-state index in [2.05, 4.69) is 41.0 Å². The van der Waals surface area contributed by atoms with Gasteiger partial charge in [-0.25, -0.2) is 4.99 Å². The van der Waals surface area contributed by atoms with Crippen molar-refractivity contribution < 1.29 is 0 Å². The largest absolute Gasteiger partial charge is 0.350 e. The van der Waals surface area contributed by atoms with Crippen molar-refractivity contribution in [2.24, 2.45) is 10.7 Å². The molecule has 5 heteroatoms. The van der Waals surface area contributed by atoms with Gasteiger partial charge >= 0.3 is 0 Å². The first-order valence-corrected chi connectivity index (χ1v) is 12.1. The zero-order valence-electron chi connectivity index (χ0n) is 19.9. The summed E-state index contributed by atoms with van der Waals surface area (Å²) in [4.78, 5) is 5.06. The van der Waals surface area contributed by atoms with E-state index in [-0.39, 0.29) is 18.4 Å². The Labute approximate surface area is 211 Å². The Morgan fingerprint density at radius 2 is 1.42 bits per heavy atom. The molecule has 178 valence electrons. The summed E-state index contributed by atoms with van der Waals surface area (Å²) in [5.41, 5.74) is 12.1. The minimum atomic E-state index is -0.382. The van der Waals surface area contributed by atoms with Crippen LogP contribution >= 0.6 is 0 Å². The summed E-state index contributed by atoms with van der Waals surface area (Å²) in [5, 5.41) is 15.6. The third kappa shape index (κ3) is 5.33. The highest BCUT2D eigenvalue weighted by molar-refractivity contribution is 6.06. The van der Waals surface area contributed by atoms with E-state index in [1.165, 1.54) is 0 Å². The SMILES string of the molecule is N=C(/C=C\C(N)c1ccccc1C1N=C(c2ccccc2)NC(c2ccccc2)N1)c1ccccc1. The number of nitrogens with one attached hydrogen (secondary N) is 3. The summed E-state index contributed by atoms with van der Waals surface area (Å²) >= 11 is 0. The summed E-state index contributed by atoms with van der Waals surface area (Å²) in [6, 6.07) is 37.9. The molecule has 0 aromatic heterocycles. The smallest absolute Gasteiger partial charge is 0.131 e. The molecular weight excluding hydrogens is 442 g/mol. The lowest BCUT2D eigenvalue weighted by Crippen LogP contribution is -2.45. The first-order chi connectivity index (χ1) is 17.7. The molecule has 3 atom stereocenters. The van der Waals surface area contributed by atoms with Crippen molar-refractivity contribution in [2.45, 2.75) is 18.4 Å². The lowest BCUT2D eigenvalue weighted by atomic mass is 9.96. The molecule has 0 bridgehead atoms. The van der Waals surface area contributed by atoms with Crippen molar-refractivity contribution in [2.75, 3.05) is 0 Å². The molecule has 1 heterocycles. The van der Waals surface area contributed by atoms with Crippen LogP contribution in [0.3, 0.4) is 0 Å². The molecule has 0 amide bonds. The molecule has 5 N–H and O–H groups in total. The van der Waals surface area contributed by atoms with Crippen LogP contribution in [0.1, 0.15) is 46.2 Å². The van der Waals surface area contributed by atoms with Gasteiger partial charge in [-0.05, 0) is 28.3 Å². The average molecular weight is 472 g/mol. The third-order valence-corrected chi connectivity index (χ3v) is 6.25. The Kier molecular flexibility index (Phi) is 7.12. The van der Waals surface area contributed by atoms with Gasteiger partial charge < -0.3 is 16.5 Å². The molecule has 1 aliphatic heterocycles. The topological polar surface area (TPSA) is 86.3 Å². The number of hydrogen-bond acceptors (Lipinski definition) is 5. The molecule has 0 saturated carbocycles. The molecule has 5 rings (SSSR count). The van der Waals surface area contributed by atoms with Crippen LogP contribution in [-0.2, 0) is 0 Å². The van der Waals surface area contributed by atoms with E-state index in [1.807, 2.05) is 91.0 Å². The van der Waals surface area contributed by atoms with Crippen molar-refractivity contribution in [3.05, 3.63) is 155 Å². The molecule has 0 spiro atoms. The van der Waals surface area contributed by atoms with Crippen LogP contribution in [0.2, 0.25) is 0 Å². The lowest BCUT2D eigenvalue weighted by Gasteiger charge is -2.33. The van der Waals surface area contributed by atoms with Crippen molar-refractivity contribution in [1.82, 2.24) is 10.6 Å². The number of nitrogens with two attached hydrogens (primary N) is 1. The maximum absolute atomic E-state index is 8.39. The van der Waals surface area contributed by atoms with E-state index in [9.17, 15) is 0 Å². The summed E-state index contributed by atoms with van der Waals surface area (Å²) in [7, 11) is 0. The van der Waals surface area contributed by atoms with Crippen molar-refractivity contribution >= 4 is 11.5 Å². The maximum atomic E-state index is 8.39. The van der Waals surface area contributed by atoms with Gasteiger partial charge in [0.05, 0.1) is 5.71 Å². The van der Waals surface area contributed by atoms with E-state index in [0.29, 0.717) is 5.71 Å². The number of aliphatic imine (C=N–C) groups is 1. The van der Waals surface area contributed by atoms with Gasteiger partial charge in [-0.1, -0.05) is 121 Å². The number of amidine groups is 1. The third-order valence-electron chi connectivity index (χ3n) is 6.25. The highest BCUT2D eigenvalue weighted by atomic mass is 15.3. The molecule has 0 aliphatic carbocycles. The second kappa shape index (κ2) is 11.0. The van der Waals surface area contributed by atoms with Crippen LogP contribution in [0.25, 0.3) is 0 Å². The normalized spacial score (nSPS) is 18.3. The monoisotopic (exact) mass is 471 g/mol. The van der Waals surface area contributed by atoms with Gasteiger partial charge in [0, 0.05) is 11.6 Å². The minimum Gasteiger partial charge on any atom is -0.350 e. The number of benzene rings is 4. The fraction of sp³-hybridized carbons (Fsp3) is 0.0968. The van der Waals surface area contributed by atoms with Crippen molar-refractivity contribution in [3.63, 3.8) is 0 Å². The Morgan fingerprint density at radius 1 is 0.806 bits per heavy atom. The second-order valence-electron chi connectivity index (χ2n) is 8.69. The van der Waals surface area contributed by atoms with Crippen LogP contribution < -0.4 is 16.4 Å². The minimum absolute atomic E-state index is 0.116. The van der Waals surface area contributed by atoms with E-state index >= 15 is 0 Å². The Bertz CT molecular complexity index is 1360. The van der Waals surface area contributed by atoms with E-state index < -0.39 is 0 Å². The fourth-order valence-electron chi connectivity index (χ4n) is 4.36.